The van der Waals surface area contributed by atoms with Gasteiger partial charge in [0.2, 0.25) is 5.91 Å². The second kappa shape index (κ2) is 9.16. The maximum Gasteiger partial charge on any atom is 0.226 e. The third-order valence-corrected chi connectivity index (χ3v) is 6.98. The van der Waals surface area contributed by atoms with Crippen molar-refractivity contribution in [3.05, 3.63) is 71.1 Å². The van der Waals surface area contributed by atoms with Gasteiger partial charge in [-0.2, -0.15) is 0 Å². The minimum absolute atomic E-state index is 0.0323. The molecule has 2 aliphatic rings. The molecule has 3 aromatic rings. The molecule has 2 heterocycles. The average molecular weight is 459 g/mol. The van der Waals surface area contributed by atoms with Crippen molar-refractivity contribution >= 4 is 28.2 Å². The lowest BCUT2D eigenvalue weighted by atomic mass is 9.85. The first kappa shape index (κ1) is 22.5. The SMILES string of the molecule is Cc1cccc([C@H](C)Nc2nc(C)nc3ccc(C4=CC[C@H](C(=O)N5CC(F)C5)CC4)cc23)c1. The number of rotatable bonds is 5. The van der Waals surface area contributed by atoms with Crippen LogP contribution in [-0.4, -0.2) is 40.0 Å². The number of hydrogen-bond donors (Lipinski definition) is 1. The predicted molar refractivity (Wildman–Crippen MR) is 134 cm³/mol. The van der Waals surface area contributed by atoms with Crippen molar-refractivity contribution in [2.75, 3.05) is 18.4 Å². The molecule has 0 unspecified atom stereocenters. The number of carbonyl (C=O) groups is 1. The molecule has 0 radical (unpaired) electrons. The highest BCUT2D eigenvalue weighted by Gasteiger charge is 2.34. The molecule has 1 aromatic heterocycles. The van der Waals surface area contributed by atoms with Gasteiger partial charge in [-0.15, -0.1) is 0 Å². The van der Waals surface area contributed by atoms with Gasteiger partial charge in [0.1, 0.15) is 17.8 Å². The molecule has 34 heavy (non-hydrogen) atoms. The van der Waals surface area contributed by atoms with Gasteiger partial charge in [-0.05, 0) is 68.9 Å². The lowest BCUT2D eigenvalue weighted by Crippen LogP contribution is -2.53. The summed E-state index contributed by atoms with van der Waals surface area (Å²) in [6.45, 7) is 6.68. The number of benzene rings is 2. The number of carbonyl (C=O) groups excluding carboxylic acids is 1. The molecular formula is C28H31FN4O. The van der Waals surface area contributed by atoms with E-state index in [1.54, 1.807) is 4.90 Å². The fourth-order valence-electron chi connectivity index (χ4n) is 4.97. The molecule has 5 rings (SSSR count). The normalized spacial score (nSPS) is 19.5. The molecule has 1 fully saturated rings. The largest absolute Gasteiger partial charge is 0.363 e. The Morgan fingerprint density at radius 2 is 1.97 bits per heavy atom. The van der Waals surface area contributed by atoms with E-state index in [4.69, 9.17) is 4.98 Å². The maximum absolute atomic E-state index is 13.1. The minimum atomic E-state index is -0.849. The van der Waals surface area contributed by atoms with Crippen molar-refractivity contribution in [3.63, 3.8) is 0 Å². The van der Waals surface area contributed by atoms with E-state index in [9.17, 15) is 9.18 Å². The summed E-state index contributed by atoms with van der Waals surface area (Å²) < 4.78 is 13.1. The van der Waals surface area contributed by atoms with Crippen LogP contribution in [-0.2, 0) is 4.79 Å². The van der Waals surface area contributed by atoms with Crippen LogP contribution in [0.25, 0.3) is 16.5 Å². The Bertz CT molecular complexity index is 1260. The summed E-state index contributed by atoms with van der Waals surface area (Å²) in [4.78, 5) is 23.6. The highest BCUT2D eigenvalue weighted by Crippen LogP contribution is 2.34. The van der Waals surface area contributed by atoms with Crippen LogP contribution < -0.4 is 5.32 Å². The third kappa shape index (κ3) is 4.54. The van der Waals surface area contributed by atoms with Crippen LogP contribution in [0.1, 0.15) is 54.7 Å². The minimum Gasteiger partial charge on any atom is -0.363 e. The number of hydrogen-bond acceptors (Lipinski definition) is 4. The Balaban J connectivity index is 1.38. The Kier molecular flexibility index (Phi) is 6.07. The Morgan fingerprint density at radius 3 is 2.68 bits per heavy atom. The maximum atomic E-state index is 13.1. The van der Waals surface area contributed by atoms with E-state index in [0.29, 0.717) is 6.42 Å². The summed E-state index contributed by atoms with van der Waals surface area (Å²) in [5, 5.41) is 4.60. The highest BCUT2D eigenvalue weighted by molar-refractivity contribution is 5.92. The second-order valence-corrected chi connectivity index (χ2v) is 9.67. The van der Waals surface area contributed by atoms with Crippen LogP contribution in [0.2, 0.25) is 0 Å². The molecule has 0 bridgehead atoms. The number of nitrogens with one attached hydrogen (secondary N) is 1. The van der Waals surface area contributed by atoms with Crippen molar-refractivity contribution in [1.82, 2.24) is 14.9 Å². The zero-order valence-electron chi connectivity index (χ0n) is 20.0. The zero-order valence-corrected chi connectivity index (χ0v) is 20.0. The van der Waals surface area contributed by atoms with E-state index in [0.717, 1.165) is 41.0 Å². The van der Waals surface area contributed by atoms with E-state index < -0.39 is 6.17 Å². The Hall–Kier alpha value is -3.28. The summed E-state index contributed by atoms with van der Waals surface area (Å²) in [7, 11) is 0. The van der Waals surface area contributed by atoms with Gasteiger partial charge in [-0.3, -0.25) is 4.79 Å². The van der Waals surface area contributed by atoms with Gasteiger partial charge < -0.3 is 10.2 Å². The van der Waals surface area contributed by atoms with Crippen molar-refractivity contribution in [1.29, 1.82) is 0 Å². The van der Waals surface area contributed by atoms with Crippen LogP contribution in [0.4, 0.5) is 10.2 Å². The number of aryl methyl sites for hydroxylation is 2. The van der Waals surface area contributed by atoms with E-state index in [2.05, 4.69) is 72.7 Å². The standard InChI is InChI=1S/C28H31FN4O/c1-17-5-4-6-22(13-17)18(2)30-27-25-14-23(11-12-26(25)31-19(3)32-27)20-7-9-21(10-8-20)28(34)33-15-24(29)16-33/h4-7,11-14,18,21,24H,8-10,15-16H2,1-3H3,(H,30,31,32)/t18-,21-/m0/s1. The van der Waals surface area contributed by atoms with Gasteiger partial charge in [-0.25, -0.2) is 14.4 Å². The molecule has 0 saturated carbocycles. The number of aromatic nitrogens is 2. The first-order valence-electron chi connectivity index (χ1n) is 12.1. The molecule has 2 atom stereocenters. The number of nitrogens with zero attached hydrogens (tertiary/aromatic N) is 3. The lowest BCUT2D eigenvalue weighted by Gasteiger charge is -2.37. The average Bonchev–Trinajstić information content (AvgIpc) is 2.81. The molecule has 1 amide bonds. The number of amides is 1. The molecule has 1 aliphatic carbocycles. The Morgan fingerprint density at radius 1 is 1.15 bits per heavy atom. The van der Waals surface area contributed by atoms with Crippen LogP contribution in [0.3, 0.4) is 0 Å². The molecule has 2 aromatic carbocycles. The second-order valence-electron chi connectivity index (χ2n) is 9.67. The number of anilines is 1. The molecule has 1 saturated heterocycles. The first-order chi connectivity index (χ1) is 16.4. The molecule has 0 spiro atoms. The predicted octanol–water partition coefficient (Wildman–Crippen LogP) is 5.78. The van der Waals surface area contributed by atoms with Gasteiger partial charge in [0, 0.05) is 17.3 Å². The van der Waals surface area contributed by atoms with E-state index in [1.807, 2.05) is 6.92 Å². The topological polar surface area (TPSA) is 58.1 Å². The summed E-state index contributed by atoms with van der Waals surface area (Å²) in [5.41, 5.74) is 5.75. The van der Waals surface area contributed by atoms with E-state index >= 15 is 0 Å². The highest BCUT2D eigenvalue weighted by atomic mass is 19.1. The van der Waals surface area contributed by atoms with Gasteiger partial charge in [0.05, 0.1) is 18.6 Å². The molecule has 1 aliphatic heterocycles. The Labute approximate surface area is 200 Å². The van der Waals surface area contributed by atoms with Crippen molar-refractivity contribution in [3.8, 4) is 0 Å². The van der Waals surface area contributed by atoms with Crippen molar-refractivity contribution in [2.24, 2.45) is 5.92 Å². The molecular weight excluding hydrogens is 427 g/mol. The van der Waals surface area contributed by atoms with Crippen molar-refractivity contribution < 1.29 is 9.18 Å². The van der Waals surface area contributed by atoms with Gasteiger partial charge in [0.25, 0.3) is 0 Å². The number of allylic oxidation sites excluding steroid dienone is 2. The fourth-order valence-corrected chi connectivity index (χ4v) is 4.97. The van der Waals surface area contributed by atoms with Crippen LogP contribution in [0.15, 0.2) is 48.5 Å². The lowest BCUT2D eigenvalue weighted by molar-refractivity contribution is -0.142. The van der Waals surface area contributed by atoms with Crippen molar-refractivity contribution in [2.45, 2.75) is 52.2 Å². The van der Waals surface area contributed by atoms with Gasteiger partial charge in [-0.1, -0.05) is 42.0 Å². The van der Waals surface area contributed by atoms with Crippen LogP contribution >= 0.6 is 0 Å². The number of alkyl halides is 1. The molecule has 176 valence electrons. The first-order valence-corrected chi connectivity index (χ1v) is 12.1. The summed E-state index contributed by atoms with van der Waals surface area (Å²) in [6.07, 6.45) is 3.68. The zero-order chi connectivity index (χ0) is 23.8. The summed E-state index contributed by atoms with van der Waals surface area (Å²) >= 11 is 0. The fraction of sp³-hybridized carbons (Fsp3) is 0.393. The third-order valence-electron chi connectivity index (χ3n) is 6.98. The number of likely N-dealkylation sites (tertiary alicyclic amines) is 1. The summed E-state index contributed by atoms with van der Waals surface area (Å²) in [5.74, 6) is 1.64. The van der Waals surface area contributed by atoms with Crippen LogP contribution in [0, 0.1) is 19.8 Å². The quantitative estimate of drug-likeness (QED) is 0.526. The monoisotopic (exact) mass is 458 g/mol. The molecule has 1 N–H and O–H groups in total. The van der Waals surface area contributed by atoms with E-state index in [1.165, 1.54) is 16.7 Å². The van der Waals surface area contributed by atoms with Crippen LogP contribution in [0.5, 0.6) is 0 Å². The van der Waals surface area contributed by atoms with Gasteiger partial charge in [0.15, 0.2) is 0 Å². The molecule has 6 heteroatoms. The summed E-state index contributed by atoms with van der Waals surface area (Å²) in [6, 6.07) is 14.9. The van der Waals surface area contributed by atoms with E-state index in [-0.39, 0.29) is 31.0 Å². The number of halogens is 1. The smallest absolute Gasteiger partial charge is 0.226 e. The van der Waals surface area contributed by atoms with Gasteiger partial charge >= 0.3 is 0 Å². The number of fused-ring (bicyclic) bond motifs is 1. The molecule has 5 nitrogen and oxygen atoms in total.